The maximum Gasteiger partial charge on any atom is 0.305 e. The maximum atomic E-state index is 10.7. The molecule has 2 N–H and O–H groups in total. The fourth-order valence-corrected chi connectivity index (χ4v) is 2.43. The van der Waals surface area contributed by atoms with Crippen LogP contribution in [0.4, 0.5) is 0 Å². The molecule has 0 bridgehead atoms. The van der Waals surface area contributed by atoms with Gasteiger partial charge in [0.05, 0.1) is 6.42 Å². The molecule has 13 heavy (non-hydrogen) atoms. The highest BCUT2D eigenvalue weighted by Crippen LogP contribution is 2.34. The van der Waals surface area contributed by atoms with Crippen LogP contribution in [0.25, 0.3) is 0 Å². The van der Waals surface area contributed by atoms with Gasteiger partial charge in [-0.1, -0.05) is 19.8 Å². The highest BCUT2D eigenvalue weighted by molar-refractivity contribution is 5.68. The lowest BCUT2D eigenvalue weighted by molar-refractivity contribution is -0.139. The van der Waals surface area contributed by atoms with Crippen molar-refractivity contribution < 1.29 is 9.90 Å². The zero-order chi connectivity index (χ0) is 9.90. The van der Waals surface area contributed by atoms with Gasteiger partial charge in [-0.05, 0) is 25.8 Å². The fourth-order valence-electron chi connectivity index (χ4n) is 2.43. The molecule has 3 heteroatoms. The minimum atomic E-state index is -0.691. The molecule has 0 radical (unpaired) electrons. The van der Waals surface area contributed by atoms with Gasteiger partial charge in [0.1, 0.15) is 0 Å². The lowest BCUT2D eigenvalue weighted by atomic mass is 9.74. The SMILES string of the molecule is CNC1(CC(=O)O)CCCC(C)C1. The Morgan fingerprint density at radius 3 is 2.85 bits per heavy atom. The Kier molecular flexibility index (Phi) is 3.31. The molecule has 0 aromatic rings. The number of rotatable bonds is 3. The first-order valence-corrected chi connectivity index (χ1v) is 4.99. The summed E-state index contributed by atoms with van der Waals surface area (Å²) in [4.78, 5) is 10.7. The van der Waals surface area contributed by atoms with E-state index in [1.807, 2.05) is 7.05 Å². The molecule has 0 aromatic heterocycles. The highest BCUT2D eigenvalue weighted by atomic mass is 16.4. The summed E-state index contributed by atoms with van der Waals surface area (Å²) in [5, 5.41) is 12.0. The quantitative estimate of drug-likeness (QED) is 0.702. The van der Waals surface area contributed by atoms with Crippen LogP contribution >= 0.6 is 0 Å². The number of carboxylic acid groups (broad SMARTS) is 1. The minimum Gasteiger partial charge on any atom is -0.481 e. The van der Waals surface area contributed by atoms with Crippen molar-refractivity contribution in [2.45, 2.75) is 44.6 Å². The normalized spacial score (nSPS) is 34.5. The summed E-state index contributed by atoms with van der Waals surface area (Å²) in [6.07, 6.45) is 4.64. The van der Waals surface area contributed by atoms with Gasteiger partial charge in [-0.2, -0.15) is 0 Å². The molecule has 0 spiro atoms. The fraction of sp³-hybridized carbons (Fsp3) is 0.900. The lowest BCUT2D eigenvalue weighted by Crippen LogP contribution is -2.48. The zero-order valence-electron chi connectivity index (χ0n) is 8.47. The van der Waals surface area contributed by atoms with Crippen LogP contribution in [0.2, 0.25) is 0 Å². The van der Waals surface area contributed by atoms with Gasteiger partial charge in [0, 0.05) is 5.54 Å². The van der Waals surface area contributed by atoms with Gasteiger partial charge in [0.25, 0.3) is 0 Å². The Balaban J connectivity index is 2.61. The average Bonchev–Trinajstić information content (AvgIpc) is 2.03. The Hall–Kier alpha value is -0.570. The smallest absolute Gasteiger partial charge is 0.305 e. The van der Waals surface area contributed by atoms with Gasteiger partial charge in [-0.15, -0.1) is 0 Å². The second-order valence-corrected chi connectivity index (χ2v) is 4.30. The molecule has 1 aliphatic rings. The molecule has 0 amide bonds. The van der Waals surface area contributed by atoms with E-state index in [0.717, 1.165) is 19.3 Å². The molecular weight excluding hydrogens is 166 g/mol. The van der Waals surface area contributed by atoms with Crippen molar-refractivity contribution in [3.8, 4) is 0 Å². The molecule has 1 saturated carbocycles. The van der Waals surface area contributed by atoms with Crippen LogP contribution in [0.15, 0.2) is 0 Å². The summed E-state index contributed by atoms with van der Waals surface area (Å²) in [5.41, 5.74) is -0.135. The van der Waals surface area contributed by atoms with Crippen LogP contribution in [0.1, 0.15) is 39.0 Å². The van der Waals surface area contributed by atoms with Crippen molar-refractivity contribution in [1.82, 2.24) is 5.32 Å². The summed E-state index contributed by atoms with van der Waals surface area (Å²) < 4.78 is 0. The number of carbonyl (C=O) groups is 1. The van der Waals surface area contributed by atoms with Crippen LogP contribution < -0.4 is 5.32 Å². The van der Waals surface area contributed by atoms with E-state index < -0.39 is 5.97 Å². The summed E-state index contributed by atoms with van der Waals surface area (Å²) in [6, 6.07) is 0. The van der Waals surface area contributed by atoms with E-state index in [-0.39, 0.29) is 12.0 Å². The second kappa shape index (κ2) is 4.09. The Labute approximate surface area is 79.5 Å². The first-order chi connectivity index (χ1) is 6.08. The maximum absolute atomic E-state index is 10.7. The minimum absolute atomic E-state index is 0.135. The van der Waals surface area contributed by atoms with E-state index in [1.165, 1.54) is 6.42 Å². The third-order valence-corrected chi connectivity index (χ3v) is 3.11. The van der Waals surface area contributed by atoms with Crippen LogP contribution in [-0.2, 0) is 4.79 Å². The molecule has 1 rings (SSSR count). The molecule has 3 nitrogen and oxygen atoms in total. The molecule has 0 saturated heterocycles. The van der Waals surface area contributed by atoms with Gasteiger partial charge >= 0.3 is 5.97 Å². The molecule has 0 aromatic carbocycles. The lowest BCUT2D eigenvalue weighted by Gasteiger charge is -2.38. The van der Waals surface area contributed by atoms with E-state index in [0.29, 0.717) is 5.92 Å². The Morgan fingerprint density at radius 1 is 1.69 bits per heavy atom. The van der Waals surface area contributed by atoms with Gasteiger partial charge in [-0.25, -0.2) is 0 Å². The predicted octanol–water partition coefficient (Wildman–Crippen LogP) is 1.63. The monoisotopic (exact) mass is 185 g/mol. The third kappa shape index (κ3) is 2.69. The molecule has 0 heterocycles. The number of hydrogen-bond donors (Lipinski definition) is 2. The van der Waals surface area contributed by atoms with Gasteiger partial charge in [0.2, 0.25) is 0 Å². The number of hydrogen-bond acceptors (Lipinski definition) is 2. The summed E-state index contributed by atoms with van der Waals surface area (Å²) >= 11 is 0. The van der Waals surface area contributed by atoms with E-state index in [4.69, 9.17) is 5.11 Å². The predicted molar refractivity (Wildman–Crippen MR) is 51.7 cm³/mol. The van der Waals surface area contributed by atoms with Crippen LogP contribution in [0.3, 0.4) is 0 Å². The second-order valence-electron chi connectivity index (χ2n) is 4.30. The third-order valence-electron chi connectivity index (χ3n) is 3.11. The standard InChI is InChI=1S/C10H19NO2/c1-8-4-3-5-10(6-8,11-2)7-9(12)13/h8,11H,3-7H2,1-2H3,(H,12,13). The highest BCUT2D eigenvalue weighted by Gasteiger charge is 2.35. The molecule has 76 valence electrons. The topological polar surface area (TPSA) is 49.3 Å². The molecule has 1 fully saturated rings. The van der Waals surface area contributed by atoms with Crippen molar-refractivity contribution in [3.63, 3.8) is 0 Å². The Morgan fingerprint density at radius 2 is 2.38 bits per heavy atom. The summed E-state index contributed by atoms with van der Waals surface area (Å²) in [6.45, 7) is 2.20. The average molecular weight is 185 g/mol. The van der Waals surface area contributed by atoms with Crippen LogP contribution in [0.5, 0.6) is 0 Å². The first-order valence-electron chi connectivity index (χ1n) is 4.99. The molecule has 2 unspecified atom stereocenters. The van der Waals surface area contributed by atoms with E-state index in [1.54, 1.807) is 0 Å². The molecule has 2 atom stereocenters. The van der Waals surface area contributed by atoms with Crippen molar-refractivity contribution in [2.24, 2.45) is 5.92 Å². The van der Waals surface area contributed by atoms with E-state index >= 15 is 0 Å². The van der Waals surface area contributed by atoms with Gasteiger partial charge in [-0.3, -0.25) is 4.79 Å². The molecule has 1 aliphatic carbocycles. The molecular formula is C10H19NO2. The van der Waals surface area contributed by atoms with Gasteiger partial charge in [0.15, 0.2) is 0 Å². The van der Waals surface area contributed by atoms with Crippen molar-refractivity contribution in [3.05, 3.63) is 0 Å². The van der Waals surface area contributed by atoms with Crippen molar-refractivity contribution in [2.75, 3.05) is 7.05 Å². The first kappa shape index (κ1) is 10.5. The van der Waals surface area contributed by atoms with E-state index in [9.17, 15) is 4.79 Å². The summed E-state index contributed by atoms with van der Waals surface area (Å²) in [5.74, 6) is -0.0380. The van der Waals surface area contributed by atoms with Crippen molar-refractivity contribution >= 4 is 5.97 Å². The number of aliphatic carboxylic acids is 1. The zero-order valence-corrected chi connectivity index (χ0v) is 8.47. The van der Waals surface area contributed by atoms with Gasteiger partial charge < -0.3 is 10.4 Å². The molecule has 0 aliphatic heterocycles. The number of carboxylic acids is 1. The number of nitrogens with one attached hydrogen (secondary N) is 1. The van der Waals surface area contributed by atoms with Crippen molar-refractivity contribution in [1.29, 1.82) is 0 Å². The van der Waals surface area contributed by atoms with Crippen LogP contribution in [-0.4, -0.2) is 23.7 Å². The Bertz CT molecular complexity index is 193. The van der Waals surface area contributed by atoms with E-state index in [2.05, 4.69) is 12.2 Å². The summed E-state index contributed by atoms with van der Waals surface area (Å²) in [7, 11) is 1.88. The van der Waals surface area contributed by atoms with Crippen LogP contribution in [0, 0.1) is 5.92 Å². The largest absolute Gasteiger partial charge is 0.481 e.